The zero-order valence-corrected chi connectivity index (χ0v) is 19.6. The minimum absolute atomic E-state index is 0.247. The molecule has 0 heterocycles. The number of carbonyl (C=O) groups excluding carboxylic acids is 2. The van der Waals surface area contributed by atoms with E-state index in [0.717, 1.165) is 24.2 Å². The first kappa shape index (κ1) is 28.6. The fourth-order valence-corrected chi connectivity index (χ4v) is 2.63. The standard InChI is InChI=1S/C21H38B3N3O3/c1-6-7-8-9-10-11-12-13-14-17(28)26-19(25)27(21(22,23)24)15-18(29)30-16(2)20(3,4)5/h16H,6-15H2,1-5H3,(H2,25,26,28). The van der Waals surface area contributed by atoms with Gasteiger partial charge in [-0.3, -0.25) is 20.3 Å². The molecule has 0 aliphatic rings. The molecule has 9 heteroatoms. The molecule has 0 bridgehead atoms. The molecule has 0 spiro atoms. The molecule has 0 rings (SSSR count). The summed E-state index contributed by atoms with van der Waals surface area (Å²) in [6.45, 7) is 9.34. The van der Waals surface area contributed by atoms with E-state index < -0.39 is 23.7 Å². The van der Waals surface area contributed by atoms with E-state index in [0.29, 0.717) is 0 Å². The van der Waals surface area contributed by atoms with E-state index >= 15 is 0 Å². The molecule has 164 valence electrons. The molecule has 2 N–H and O–H groups in total. The highest BCUT2D eigenvalue weighted by Crippen LogP contribution is 2.22. The number of hydrogen-bond donors (Lipinski definition) is 2. The first-order valence-electron chi connectivity index (χ1n) is 11.0. The van der Waals surface area contributed by atoms with E-state index in [4.69, 9.17) is 33.7 Å². The molecule has 0 fully saturated rings. The fourth-order valence-electron chi connectivity index (χ4n) is 2.63. The fraction of sp³-hybridized carbons (Fsp3) is 0.857. The van der Waals surface area contributed by atoms with Crippen molar-refractivity contribution in [1.82, 2.24) is 10.2 Å². The third-order valence-corrected chi connectivity index (χ3v) is 5.07. The summed E-state index contributed by atoms with van der Waals surface area (Å²) < 4.78 is 5.37. The van der Waals surface area contributed by atoms with Crippen molar-refractivity contribution in [3.63, 3.8) is 0 Å². The van der Waals surface area contributed by atoms with Crippen molar-refractivity contribution < 1.29 is 14.3 Å². The molecule has 0 aromatic carbocycles. The summed E-state index contributed by atoms with van der Waals surface area (Å²) in [6.07, 6.45) is 8.88. The summed E-state index contributed by atoms with van der Waals surface area (Å²) in [5.41, 5.74) is -0.247. The Morgan fingerprint density at radius 1 is 1.00 bits per heavy atom. The molecule has 0 aromatic rings. The van der Waals surface area contributed by atoms with Crippen LogP contribution in [0.5, 0.6) is 0 Å². The molecule has 0 saturated heterocycles. The van der Waals surface area contributed by atoms with Crippen LogP contribution in [0.1, 0.15) is 92.4 Å². The maximum Gasteiger partial charge on any atom is 0.325 e. The van der Waals surface area contributed by atoms with Crippen LogP contribution in [0.4, 0.5) is 0 Å². The number of esters is 1. The third-order valence-electron chi connectivity index (χ3n) is 5.07. The molecule has 0 saturated carbocycles. The van der Waals surface area contributed by atoms with Crippen LogP contribution in [-0.2, 0) is 14.3 Å². The quantitative estimate of drug-likeness (QED) is 0.160. The van der Waals surface area contributed by atoms with Crippen LogP contribution >= 0.6 is 0 Å². The van der Waals surface area contributed by atoms with Crippen LogP contribution in [0.2, 0.25) is 0 Å². The highest BCUT2D eigenvalue weighted by Gasteiger charge is 2.29. The molecule has 6 radical (unpaired) electrons. The Bertz CT molecular complexity index is 546. The van der Waals surface area contributed by atoms with E-state index in [1.807, 2.05) is 20.8 Å². The molecule has 30 heavy (non-hydrogen) atoms. The molecule has 0 aliphatic heterocycles. The van der Waals surface area contributed by atoms with E-state index in [-0.39, 0.29) is 23.8 Å². The van der Waals surface area contributed by atoms with Gasteiger partial charge in [0.15, 0.2) is 5.96 Å². The summed E-state index contributed by atoms with van der Waals surface area (Å²) in [7, 11) is 17.1. The average Bonchev–Trinajstić information content (AvgIpc) is 2.60. The van der Waals surface area contributed by atoms with Crippen molar-refractivity contribution in [3.8, 4) is 0 Å². The van der Waals surface area contributed by atoms with Crippen LogP contribution in [0.25, 0.3) is 0 Å². The van der Waals surface area contributed by atoms with E-state index in [9.17, 15) is 9.59 Å². The molecule has 1 atom stereocenters. The average molecular weight is 413 g/mol. The van der Waals surface area contributed by atoms with Crippen LogP contribution in [0, 0.1) is 10.8 Å². The smallest absolute Gasteiger partial charge is 0.325 e. The minimum Gasteiger partial charge on any atom is -0.461 e. The second kappa shape index (κ2) is 13.8. The van der Waals surface area contributed by atoms with Gasteiger partial charge in [0.05, 0.1) is 23.5 Å². The number of hydrogen-bond acceptors (Lipinski definition) is 4. The SMILES string of the molecule is [B]C([B])([B])N(CC(=O)OC(C)C(C)(C)C)C(=N)NC(=O)CCCCCCCCCC. The summed E-state index contributed by atoms with van der Waals surface area (Å²) in [5.74, 6) is -1.39. The van der Waals surface area contributed by atoms with Crippen molar-refractivity contribution in [3.05, 3.63) is 0 Å². The van der Waals surface area contributed by atoms with Gasteiger partial charge in [0.1, 0.15) is 12.6 Å². The molecule has 6 nitrogen and oxygen atoms in total. The number of rotatable bonds is 13. The Morgan fingerprint density at radius 2 is 1.50 bits per heavy atom. The van der Waals surface area contributed by atoms with Crippen LogP contribution in [0.15, 0.2) is 0 Å². The number of nitrogens with one attached hydrogen (secondary N) is 2. The largest absolute Gasteiger partial charge is 0.461 e. The summed E-state index contributed by atoms with van der Waals surface area (Å²) in [4.78, 5) is 25.3. The Balaban J connectivity index is 4.47. The summed E-state index contributed by atoms with van der Waals surface area (Å²) in [6, 6.07) is 0. The molecular weight excluding hydrogens is 375 g/mol. The second-order valence-electron chi connectivity index (χ2n) is 9.09. The van der Waals surface area contributed by atoms with Gasteiger partial charge >= 0.3 is 5.97 Å². The minimum atomic E-state index is -1.99. The number of ether oxygens (including phenoxy) is 1. The molecule has 0 aliphatic carbocycles. The first-order valence-corrected chi connectivity index (χ1v) is 11.0. The maximum absolute atomic E-state index is 12.2. The van der Waals surface area contributed by atoms with Crippen molar-refractivity contribution in [2.45, 2.75) is 104 Å². The van der Waals surface area contributed by atoms with Crippen molar-refractivity contribution >= 4 is 41.4 Å². The van der Waals surface area contributed by atoms with Gasteiger partial charge in [-0.15, -0.1) is 0 Å². The first-order chi connectivity index (χ1) is 13.8. The topological polar surface area (TPSA) is 82.5 Å². The van der Waals surface area contributed by atoms with Gasteiger partial charge in [-0.2, -0.15) is 0 Å². The molecular formula is C21H38B3N3O3. The van der Waals surface area contributed by atoms with Gasteiger partial charge in [0.2, 0.25) is 5.91 Å². The van der Waals surface area contributed by atoms with E-state index in [1.165, 1.54) is 32.1 Å². The lowest BCUT2D eigenvalue weighted by atomic mass is 9.48. The highest BCUT2D eigenvalue weighted by molar-refractivity contribution is 6.59. The van der Waals surface area contributed by atoms with Crippen molar-refractivity contribution in [1.29, 1.82) is 5.41 Å². The second-order valence-corrected chi connectivity index (χ2v) is 9.09. The monoisotopic (exact) mass is 413 g/mol. The van der Waals surface area contributed by atoms with Gasteiger partial charge in [0.25, 0.3) is 0 Å². The zero-order chi connectivity index (χ0) is 23.4. The van der Waals surface area contributed by atoms with Gasteiger partial charge < -0.3 is 9.64 Å². The number of amides is 1. The van der Waals surface area contributed by atoms with Gasteiger partial charge in [-0.05, 0) is 18.8 Å². The Kier molecular flexibility index (Phi) is 13.2. The summed E-state index contributed by atoms with van der Waals surface area (Å²) in [5, 5.41) is 8.51. The third kappa shape index (κ3) is 13.0. The number of carbonyl (C=O) groups is 2. The lowest BCUT2D eigenvalue weighted by molar-refractivity contribution is -0.153. The van der Waals surface area contributed by atoms with Crippen LogP contribution < -0.4 is 5.32 Å². The number of nitrogens with zero attached hydrogens (tertiary/aromatic N) is 1. The van der Waals surface area contributed by atoms with Crippen LogP contribution in [-0.4, -0.2) is 64.2 Å². The summed E-state index contributed by atoms with van der Waals surface area (Å²) >= 11 is 0. The molecule has 1 unspecified atom stereocenters. The van der Waals surface area contributed by atoms with Crippen molar-refractivity contribution in [2.24, 2.45) is 5.41 Å². The van der Waals surface area contributed by atoms with Crippen LogP contribution in [0.3, 0.4) is 0 Å². The Hall–Kier alpha value is -1.40. The molecule has 1 amide bonds. The zero-order valence-electron chi connectivity index (χ0n) is 19.6. The van der Waals surface area contributed by atoms with Gasteiger partial charge in [-0.25, -0.2) is 0 Å². The van der Waals surface area contributed by atoms with Gasteiger partial charge in [0, 0.05) is 6.42 Å². The van der Waals surface area contributed by atoms with Crippen molar-refractivity contribution in [2.75, 3.05) is 6.54 Å². The predicted octanol–water partition coefficient (Wildman–Crippen LogP) is 2.96. The highest BCUT2D eigenvalue weighted by atomic mass is 16.5. The lowest BCUT2D eigenvalue weighted by Crippen LogP contribution is -2.59. The lowest BCUT2D eigenvalue weighted by Gasteiger charge is -2.38. The predicted molar refractivity (Wildman–Crippen MR) is 125 cm³/mol. The van der Waals surface area contributed by atoms with E-state index in [2.05, 4.69) is 12.2 Å². The maximum atomic E-state index is 12.2. The number of guanidine groups is 1. The molecule has 0 aromatic heterocycles. The van der Waals surface area contributed by atoms with Gasteiger partial charge in [-0.1, -0.05) is 77.9 Å². The Labute approximate surface area is 187 Å². The van der Waals surface area contributed by atoms with E-state index in [1.54, 1.807) is 6.92 Å². The number of unbranched alkanes of at least 4 members (excludes halogenated alkanes) is 7. The Morgan fingerprint density at radius 3 is 1.97 bits per heavy atom. The normalized spacial score (nSPS) is 12.8.